The maximum Gasteiger partial charge on any atom is 0.251 e. The highest BCUT2D eigenvalue weighted by atomic mass is 19.2. The Labute approximate surface area is 121 Å². The van der Waals surface area contributed by atoms with E-state index in [9.17, 15) is 13.6 Å². The summed E-state index contributed by atoms with van der Waals surface area (Å²) in [5.41, 5.74) is 7.54. The Kier molecular flexibility index (Phi) is 5.00. The molecule has 0 heterocycles. The zero-order chi connectivity index (χ0) is 15.2. The standard InChI is InChI=1S/C16H16F2N2O/c17-14-6-3-12(9-15(14)18)10-20-16(21)13-4-1-11(2-5-13)7-8-19/h1-6,9H,7-8,10,19H2,(H,20,21). The molecule has 2 aromatic carbocycles. The average Bonchev–Trinajstić information content (AvgIpc) is 2.49. The molecule has 0 aliphatic carbocycles. The van der Waals surface area contributed by atoms with Crippen molar-refractivity contribution in [2.24, 2.45) is 5.73 Å². The highest BCUT2D eigenvalue weighted by Gasteiger charge is 2.07. The minimum absolute atomic E-state index is 0.139. The number of carbonyl (C=O) groups excluding carboxylic acids is 1. The highest BCUT2D eigenvalue weighted by molar-refractivity contribution is 5.94. The summed E-state index contributed by atoms with van der Waals surface area (Å²) in [6.45, 7) is 0.697. The molecule has 0 atom stereocenters. The molecule has 0 aliphatic heterocycles. The van der Waals surface area contributed by atoms with E-state index in [1.165, 1.54) is 6.07 Å². The van der Waals surface area contributed by atoms with Crippen LogP contribution in [-0.2, 0) is 13.0 Å². The molecular weight excluding hydrogens is 274 g/mol. The fourth-order valence-electron chi connectivity index (χ4n) is 1.92. The van der Waals surface area contributed by atoms with E-state index in [2.05, 4.69) is 5.32 Å². The van der Waals surface area contributed by atoms with E-state index in [0.717, 1.165) is 24.1 Å². The number of carbonyl (C=O) groups is 1. The number of nitrogens with one attached hydrogen (secondary N) is 1. The number of hydrogen-bond acceptors (Lipinski definition) is 2. The van der Waals surface area contributed by atoms with Crippen LogP contribution in [0.5, 0.6) is 0 Å². The van der Waals surface area contributed by atoms with Crippen molar-refractivity contribution in [3.8, 4) is 0 Å². The second-order valence-corrected chi connectivity index (χ2v) is 4.67. The van der Waals surface area contributed by atoms with Crippen LogP contribution in [-0.4, -0.2) is 12.5 Å². The SMILES string of the molecule is NCCc1ccc(C(=O)NCc2ccc(F)c(F)c2)cc1. The molecule has 5 heteroatoms. The van der Waals surface area contributed by atoms with E-state index in [0.29, 0.717) is 17.7 Å². The molecule has 0 aromatic heterocycles. The van der Waals surface area contributed by atoms with Crippen LogP contribution >= 0.6 is 0 Å². The van der Waals surface area contributed by atoms with Crippen molar-refractivity contribution in [3.05, 3.63) is 70.8 Å². The minimum Gasteiger partial charge on any atom is -0.348 e. The van der Waals surface area contributed by atoms with Crippen LogP contribution in [0.25, 0.3) is 0 Å². The number of halogens is 2. The first-order valence-electron chi connectivity index (χ1n) is 6.61. The lowest BCUT2D eigenvalue weighted by molar-refractivity contribution is 0.0951. The minimum atomic E-state index is -0.923. The second-order valence-electron chi connectivity index (χ2n) is 4.67. The molecule has 0 aliphatic rings. The van der Waals surface area contributed by atoms with Gasteiger partial charge in [-0.2, -0.15) is 0 Å². The molecule has 1 amide bonds. The lowest BCUT2D eigenvalue weighted by Crippen LogP contribution is -2.22. The van der Waals surface area contributed by atoms with Crippen molar-refractivity contribution in [2.45, 2.75) is 13.0 Å². The zero-order valence-electron chi connectivity index (χ0n) is 11.4. The van der Waals surface area contributed by atoms with Gasteiger partial charge in [0.25, 0.3) is 5.91 Å². The summed E-state index contributed by atoms with van der Waals surface area (Å²) in [6.07, 6.45) is 0.761. The Morgan fingerprint density at radius 2 is 1.67 bits per heavy atom. The lowest BCUT2D eigenvalue weighted by Gasteiger charge is -2.07. The molecule has 0 fully saturated rings. The second kappa shape index (κ2) is 6.95. The summed E-state index contributed by atoms with van der Waals surface area (Å²) >= 11 is 0. The fourth-order valence-corrected chi connectivity index (χ4v) is 1.92. The van der Waals surface area contributed by atoms with Crippen molar-refractivity contribution in [2.75, 3.05) is 6.54 Å². The van der Waals surface area contributed by atoms with Crippen LogP contribution in [0, 0.1) is 11.6 Å². The largest absolute Gasteiger partial charge is 0.348 e. The smallest absolute Gasteiger partial charge is 0.251 e. The van der Waals surface area contributed by atoms with Crippen molar-refractivity contribution in [3.63, 3.8) is 0 Å². The van der Waals surface area contributed by atoms with Crippen LogP contribution in [0.15, 0.2) is 42.5 Å². The topological polar surface area (TPSA) is 55.1 Å². The highest BCUT2D eigenvalue weighted by Crippen LogP contribution is 2.09. The Balaban J connectivity index is 1.96. The third-order valence-corrected chi connectivity index (χ3v) is 3.09. The predicted octanol–water partition coefficient (Wildman–Crippen LogP) is 2.40. The first-order chi connectivity index (χ1) is 10.1. The fraction of sp³-hybridized carbons (Fsp3) is 0.188. The van der Waals surface area contributed by atoms with Gasteiger partial charge < -0.3 is 11.1 Å². The number of hydrogen-bond donors (Lipinski definition) is 2. The Bertz CT molecular complexity index is 627. The van der Waals surface area contributed by atoms with E-state index < -0.39 is 11.6 Å². The zero-order valence-corrected chi connectivity index (χ0v) is 11.4. The monoisotopic (exact) mass is 290 g/mol. The van der Waals surface area contributed by atoms with Gasteiger partial charge in [-0.15, -0.1) is 0 Å². The maximum absolute atomic E-state index is 13.0. The molecule has 0 spiro atoms. The van der Waals surface area contributed by atoms with E-state index in [4.69, 9.17) is 5.73 Å². The lowest BCUT2D eigenvalue weighted by atomic mass is 10.1. The van der Waals surface area contributed by atoms with Crippen LogP contribution in [0.4, 0.5) is 8.78 Å². The summed E-state index contributed by atoms with van der Waals surface area (Å²) in [6, 6.07) is 10.7. The normalized spacial score (nSPS) is 10.4. The summed E-state index contributed by atoms with van der Waals surface area (Å²) in [4.78, 5) is 11.9. The van der Waals surface area contributed by atoms with E-state index in [1.54, 1.807) is 12.1 Å². The molecule has 0 unspecified atom stereocenters. The van der Waals surface area contributed by atoms with Gasteiger partial charge >= 0.3 is 0 Å². The molecule has 0 bridgehead atoms. The van der Waals surface area contributed by atoms with Crippen molar-refractivity contribution in [1.29, 1.82) is 0 Å². The van der Waals surface area contributed by atoms with Crippen LogP contribution < -0.4 is 11.1 Å². The summed E-state index contributed by atoms with van der Waals surface area (Å²) in [7, 11) is 0. The quantitative estimate of drug-likeness (QED) is 0.888. The molecule has 3 nitrogen and oxygen atoms in total. The molecule has 21 heavy (non-hydrogen) atoms. The van der Waals surface area contributed by atoms with Gasteiger partial charge in [-0.1, -0.05) is 18.2 Å². The van der Waals surface area contributed by atoms with Gasteiger partial charge in [0.1, 0.15) is 0 Å². The van der Waals surface area contributed by atoms with E-state index >= 15 is 0 Å². The summed E-state index contributed by atoms with van der Waals surface area (Å²) < 4.78 is 25.8. The number of benzene rings is 2. The first-order valence-corrected chi connectivity index (χ1v) is 6.61. The van der Waals surface area contributed by atoms with E-state index in [-0.39, 0.29) is 12.5 Å². The molecule has 0 radical (unpaired) electrons. The van der Waals surface area contributed by atoms with E-state index in [1.807, 2.05) is 12.1 Å². The number of amides is 1. The van der Waals surface area contributed by atoms with Crippen molar-refractivity contribution in [1.82, 2.24) is 5.32 Å². The van der Waals surface area contributed by atoms with Gasteiger partial charge in [-0.3, -0.25) is 4.79 Å². The number of rotatable bonds is 5. The van der Waals surface area contributed by atoms with Gasteiger partial charge in [0.2, 0.25) is 0 Å². The van der Waals surface area contributed by atoms with Gasteiger partial charge in [-0.25, -0.2) is 8.78 Å². The average molecular weight is 290 g/mol. The molecule has 110 valence electrons. The third-order valence-electron chi connectivity index (χ3n) is 3.09. The molecule has 2 aromatic rings. The third kappa shape index (κ3) is 4.10. The summed E-state index contributed by atoms with van der Waals surface area (Å²) in [5, 5.41) is 2.66. The molecule has 0 saturated heterocycles. The Morgan fingerprint density at radius 1 is 1.00 bits per heavy atom. The molecule has 3 N–H and O–H groups in total. The van der Waals surface area contributed by atoms with Gasteiger partial charge in [0.15, 0.2) is 11.6 Å². The summed E-state index contributed by atoms with van der Waals surface area (Å²) in [5.74, 6) is -2.09. The maximum atomic E-state index is 13.0. The Hall–Kier alpha value is -2.27. The van der Waals surface area contributed by atoms with Crippen LogP contribution in [0.2, 0.25) is 0 Å². The molecular formula is C16H16F2N2O. The van der Waals surface area contributed by atoms with Crippen LogP contribution in [0.1, 0.15) is 21.5 Å². The van der Waals surface area contributed by atoms with Crippen LogP contribution in [0.3, 0.4) is 0 Å². The van der Waals surface area contributed by atoms with Gasteiger partial charge in [0.05, 0.1) is 0 Å². The van der Waals surface area contributed by atoms with Crippen molar-refractivity contribution < 1.29 is 13.6 Å². The van der Waals surface area contributed by atoms with Crippen molar-refractivity contribution >= 4 is 5.91 Å². The van der Waals surface area contributed by atoms with Gasteiger partial charge in [-0.05, 0) is 48.4 Å². The first kappa shape index (κ1) is 15.1. The molecule has 0 saturated carbocycles. The van der Waals surface area contributed by atoms with Gasteiger partial charge in [0, 0.05) is 12.1 Å². The predicted molar refractivity (Wildman–Crippen MR) is 76.7 cm³/mol. The number of nitrogens with two attached hydrogens (primary N) is 1. The molecule has 2 rings (SSSR count). The Morgan fingerprint density at radius 3 is 2.29 bits per heavy atom.